The van der Waals surface area contributed by atoms with Crippen molar-refractivity contribution < 1.29 is 9.47 Å². The highest BCUT2D eigenvalue weighted by Gasteiger charge is 2.11. The monoisotopic (exact) mass is 339 g/mol. The number of H-pyrrole nitrogens is 1. The van der Waals surface area contributed by atoms with Crippen molar-refractivity contribution in [3.8, 4) is 11.5 Å². The van der Waals surface area contributed by atoms with Crippen molar-refractivity contribution in [1.29, 1.82) is 0 Å². The zero-order chi connectivity index (χ0) is 14.7. The number of hydrogen-bond acceptors (Lipinski definition) is 4. The summed E-state index contributed by atoms with van der Waals surface area (Å²) in [7, 11) is 3.27. The highest BCUT2D eigenvalue weighted by molar-refractivity contribution is 9.10. The summed E-state index contributed by atoms with van der Waals surface area (Å²) in [6, 6.07) is 3.80. The van der Waals surface area contributed by atoms with Crippen LogP contribution in [-0.4, -0.2) is 24.4 Å². The van der Waals surface area contributed by atoms with Crippen LogP contribution in [0.25, 0.3) is 0 Å². The molecule has 0 aliphatic carbocycles. The molecule has 0 radical (unpaired) electrons. The van der Waals surface area contributed by atoms with Crippen molar-refractivity contribution >= 4 is 21.6 Å². The number of hydrogen-bond donors (Lipinski definition) is 2. The van der Waals surface area contributed by atoms with Crippen LogP contribution in [0.1, 0.15) is 17.0 Å². The summed E-state index contributed by atoms with van der Waals surface area (Å²) in [5.74, 6) is 1.48. The summed E-state index contributed by atoms with van der Waals surface area (Å²) >= 11 is 3.48. The summed E-state index contributed by atoms with van der Waals surface area (Å²) in [5.41, 5.74) is 4.14. The number of ether oxygens (including phenoxy) is 2. The van der Waals surface area contributed by atoms with E-state index in [9.17, 15) is 0 Å². The van der Waals surface area contributed by atoms with Crippen LogP contribution in [0.5, 0.6) is 11.5 Å². The average Bonchev–Trinajstić information content (AvgIpc) is 2.76. The van der Waals surface area contributed by atoms with E-state index >= 15 is 0 Å². The molecule has 0 unspecified atom stereocenters. The molecule has 0 aliphatic heterocycles. The summed E-state index contributed by atoms with van der Waals surface area (Å²) in [6.07, 6.45) is 0. The van der Waals surface area contributed by atoms with Gasteiger partial charge in [0.1, 0.15) is 11.5 Å². The smallest absolute Gasteiger partial charge is 0.145 e. The van der Waals surface area contributed by atoms with Crippen LogP contribution in [-0.2, 0) is 6.54 Å². The Balaban J connectivity index is 2.23. The zero-order valence-electron chi connectivity index (χ0n) is 12.0. The van der Waals surface area contributed by atoms with Gasteiger partial charge in [0.2, 0.25) is 0 Å². The van der Waals surface area contributed by atoms with Crippen molar-refractivity contribution in [2.24, 2.45) is 0 Å². The van der Waals surface area contributed by atoms with E-state index in [0.717, 1.165) is 33.0 Å². The lowest BCUT2D eigenvalue weighted by Crippen LogP contribution is -2.03. The first-order chi connectivity index (χ1) is 9.56. The number of halogens is 1. The minimum Gasteiger partial charge on any atom is -0.495 e. The summed E-state index contributed by atoms with van der Waals surface area (Å²) in [4.78, 5) is 0. The van der Waals surface area contributed by atoms with E-state index in [4.69, 9.17) is 9.47 Å². The Morgan fingerprint density at radius 3 is 2.45 bits per heavy atom. The van der Waals surface area contributed by atoms with Gasteiger partial charge in [-0.05, 0) is 35.8 Å². The van der Waals surface area contributed by atoms with E-state index in [-0.39, 0.29) is 0 Å². The molecule has 1 aromatic heterocycles. The highest BCUT2D eigenvalue weighted by Crippen LogP contribution is 2.36. The number of aromatic nitrogens is 2. The van der Waals surface area contributed by atoms with Crippen LogP contribution in [0.15, 0.2) is 16.6 Å². The van der Waals surface area contributed by atoms with Gasteiger partial charge in [-0.1, -0.05) is 0 Å². The Morgan fingerprint density at radius 1 is 1.20 bits per heavy atom. The fourth-order valence-electron chi connectivity index (χ4n) is 2.02. The molecular weight excluding hydrogens is 322 g/mol. The molecule has 1 aromatic carbocycles. The number of methoxy groups -OCH3 is 2. The fourth-order valence-corrected chi connectivity index (χ4v) is 2.52. The molecule has 108 valence electrons. The van der Waals surface area contributed by atoms with E-state index in [1.807, 2.05) is 26.0 Å². The van der Waals surface area contributed by atoms with E-state index in [1.165, 1.54) is 5.56 Å². The lowest BCUT2D eigenvalue weighted by Gasteiger charge is -2.14. The van der Waals surface area contributed by atoms with Gasteiger partial charge in [-0.3, -0.25) is 5.10 Å². The first-order valence-electron chi connectivity index (χ1n) is 6.22. The van der Waals surface area contributed by atoms with Gasteiger partial charge in [0.15, 0.2) is 0 Å². The van der Waals surface area contributed by atoms with Gasteiger partial charge in [-0.15, -0.1) is 0 Å². The van der Waals surface area contributed by atoms with Crippen molar-refractivity contribution in [1.82, 2.24) is 10.2 Å². The number of rotatable bonds is 5. The Kier molecular flexibility index (Phi) is 4.54. The quantitative estimate of drug-likeness (QED) is 0.876. The molecule has 2 N–H and O–H groups in total. The van der Waals surface area contributed by atoms with Gasteiger partial charge in [-0.2, -0.15) is 5.10 Å². The number of nitrogens with zero attached hydrogens (tertiary/aromatic N) is 1. The predicted octanol–water partition coefficient (Wildman–Crippen LogP) is 3.42. The standard InChI is InChI=1S/C14H18BrN3O2/c1-8-10(9(2)18-17-8)7-16-12-5-11(15)13(19-3)6-14(12)20-4/h5-6,16H,7H2,1-4H3,(H,17,18). The largest absolute Gasteiger partial charge is 0.495 e. The SMILES string of the molecule is COc1cc(OC)c(NCc2c(C)n[nH]c2C)cc1Br. The van der Waals surface area contributed by atoms with Gasteiger partial charge in [-0.25, -0.2) is 0 Å². The molecule has 1 heterocycles. The van der Waals surface area contributed by atoms with Crippen molar-refractivity contribution in [3.63, 3.8) is 0 Å². The second-order valence-electron chi connectivity index (χ2n) is 4.45. The first kappa shape index (κ1) is 14.7. The molecule has 0 bridgehead atoms. The lowest BCUT2D eigenvalue weighted by atomic mass is 10.2. The molecule has 0 amide bonds. The summed E-state index contributed by atoms with van der Waals surface area (Å²) in [5, 5.41) is 10.5. The van der Waals surface area contributed by atoms with Crippen LogP contribution in [0.2, 0.25) is 0 Å². The molecule has 5 nitrogen and oxygen atoms in total. The Morgan fingerprint density at radius 2 is 1.90 bits per heavy atom. The maximum absolute atomic E-state index is 5.39. The maximum atomic E-state index is 5.39. The highest BCUT2D eigenvalue weighted by atomic mass is 79.9. The Hall–Kier alpha value is -1.69. The van der Waals surface area contributed by atoms with Crippen LogP contribution in [0.4, 0.5) is 5.69 Å². The molecule has 2 aromatic rings. The van der Waals surface area contributed by atoms with Crippen molar-refractivity contribution in [3.05, 3.63) is 33.6 Å². The number of nitrogens with one attached hydrogen (secondary N) is 2. The van der Waals surface area contributed by atoms with Crippen LogP contribution in [0.3, 0.4) is 0 Å². The van der Waals surface area contributed by atoms with Gasteiger partial charge in [0.25, 0.3) is 0 Å². The average molecular weight is 340 g/mol. The fraction of sp³-hybridized carbons (Fsp3) is 0.357. The van der Waals surface area contributed by atoms with E-state index in [0.29, 0.717) is 6.54 Å². The number of aryl methyl sites for hydroxylation is 2. The summed E-state index contributed by atoms with van der Waals surface area (Å²) in [6.45, 7) is 4.68. The van der Waals surface area contributed by atoms with Crippen molar-refractivity contribution in [2.75, 3.05) is 19.5 Å². The predicted molar refractivity (Wildman–Crippen MR) is 82.6 cm³/mol. The topological polar surface area (TPSA) is 59.2 Å². The van der Waals surface area contributed by atoms with Crippen LogP contribution >= 0.6 is 15.9 Å². The molecule has 0 spiro atoms. The molecule has 0 fully saturated rings. The van der Waals surface area contributed by atoms with Gasteiger partial charge >= 0.3 is 0 Å². The third kappa shape index (κ3) is 2.90. The lowest BCUT2D eigenvalue weighted by molar-refractivity contribution is 0.393. The molecule has 0 atom stereocenters. The summed E-state index contributed by atoms with van der Waals surface area (Å²) < 4.78 is 11.5. The van der Waals surface area contributed by atoms with E-state index in [1.54, 1.807) is 14.2 Å². The molecular formula is C14H18BrN3O2. The molecule has 6 heteroatoms. The zero-order valence-corrected chi connectivity index (χ0v) is 13.6. The number of benzene rings is 1. The maximum Gasteiger partial charge on any atom is 0.145 e. The Bertz CT molecular complexity index is 591. The third-order valence-electron chi connectivity index (χ3n) is 3.21. The van der Waals surface area contributed by atoms with Gasteiger partial charge in [0.05, 0.1) is 30.1 Å². The minimum atomic E-state index is 0.684. The molecule has 0 aliphatic rings. The molecule has 0 saturated heterocycles. The second kappa shape index (κ2) is 6.17. The molecule has 0 saturated carbocycles. The number of anilines is 1. The first-order valence-corrected chi connectivity index (χ1v) is 7.02. The molecule has 20 heavy (non-hydrogen) atoms. The van der Waals surface area contributed by atoms with Crippen LogP contribution < -0.4 is 14.8 Å². The second-order valence-corrected chi connectivity index (χ2v) is 5.31. The molecule has 2 rings (SSSR count). The van der Waals surface area contributed by atoms with E-state index < -0.39 is 0 Å². The van der Waals surface area contributed by atoms with Gasteiger partial charge in [0, 0.05) is 23.9 Å². The third-order valence-corrected chi connectivity index (χ3v) is 3.83. The number of aromatic amines is 1. The normalized spacial score (nSPS) is 10.4. The van der Waals surface area contributed by atoms with Crippen molar-refractivity contribution in [2.45, 2.75) is 20.4 Å². The van der Waals surface area contributed by atoms with Gasteiger partial charge < -0.3 is 14.8 Å². The Labute approximate surface area is 126 Å². The van der Waals surface area contributed by atoms with E-state index in [2.05, 4.69) is 31.4 Å². The van der Waals surface area contributed by atoms with Crippen LogP contribution in [0, 0.1) is 13.8 Å². The minimum absolute atomic E-state index is 0.684.